The van der Waals surface area contributed by atoms with Crippen molar-refractivity contribution < 1.29 is 4.42 Å². The van der Waals surface area contributed by atoms with E-state index >= 15 is 0 Å². The largest absolute Gasteiger partial charge is 0.419 e. The molecular weight excluding hydrogens is 406 g/mol. The van der Waals surface area contributed by atoms with Gasteiger partial charge in [0.25, 0.3) is 0 Å². The molecule has 0 bridgehead atoms. The van der Waals surface area contributed by atoms with Crippen molar-refractivity contribution in [1.29, 1.82) is 0 Å². The lowest BCUT2D eigenvalue weighted by Gasteiger charge is -2.04. The fourth-order valence-corrected chi connectivity index (χ4v) is 4.04. The fourth-order valence-electron chi connectivity index (χ4n) is 3.06. The Balaban J connectivity index is 1.38. The van der Waals surface area contributed by atoms with Gasteiger partial charge in [0, 0.05) is 16.5 Å². The first-order valence-electron chi connectivity index (χ1n) is 9.46. The zero-order chi connectivity index (χ0) is 19.8. The van der Waals surface area contributed by atoms with E-state index < -0.39 is 0 Å². The molecule has 8 heteroatoms. The number of benzene rings is 2. The molecule has 1 saturated carbocycles. The van der Waals surface area contributed by atoms with Crippen LogP contribution in [0.3, 0.4) is 0 Å². The molecule has 0 radical (unpaired) electrons. The van der Waals surface area contributed by atoms with Gasteiger partial charge in [0.05, 0.1) is 10.9 Å². The van der Waals surface area contributed by atoms with E-state index in [1.807, 2.05) is 66.2 Å². The normalized spacial score (nSPS) is 14.8. The van der Waals surface area contributed by atoms with Crippen LogP contribution in [0.15, 0.2) is 64.2 Å². The molecule has 1 atom stereocenters. The standard InChI is InChI=1S/C21H18ClN5OS/c1-13(19-24-25-20(28-19)15-6-5-7-16(22)12-15)29-21-23-18(14-10-11-14)27(26-21)17-8-3-2-4-9-17/h2-9,12-14H,10-11H2,1H3/t13-/m0/s1. The second-order valence-electron chi connectivity index (χ2n) is 6.99. The third-order valence-corrected chi connectivity index (χ3v) is 5.87. The lowest BCUT2D eigenvalue weighted by molar-refractivity contribution is 0.509. The maximum Gasteiger partial charge on any atom is 0.247 e. The highest BCUT2D eigenvalue weighted by atomic mass is 35.5. The number of thioether (sulfide) groups is 1. The van der Waals surface area contributed by atoms with Gasteiger partial charge in [0.15, 0.2) is 0 Å². The van der Waals surface area contributed by atoms with Crippen molar-refractivity contribution in [1.82, 2.24) is 25.0 Å². The van der Waals surface area contributed by atoms with Gasteiger partial charge in [-0.3, -0.25) is 0 Å². The molecule has 1 aliphatic rings. The zero-order valence-corrected chi connectivity index (χ0v) is 17.3. The van der Waals surface area contributed by atoms with E-state index in [0.717, 1.165) is 29.9 Å². The summed E-state index contributed by atoms with van der Waals surface area (Å²) in [4.78, 5) is 4.80. The van der Waals surface area contributed by atoms with Crippen LogP contribution in [-0.4, -0.2) is 25.0 Å². The maximum atomic E-state index is 6.06. The summed E-state index contributed by atoms with van der Waals surface area (Å²) in [6, 6.07) is 17.5. The van der Waals surface area contributed by atoms with E-state index in [1.165, 1.54) is 11.8 Å². The summed E-state index contributed by atoms with van der Waals surface area (Å²) in [7, 11) is 0. The minimum absolute atomic E-state index is 0.0749. The number of hydrogen-bond acceptors (Lipinski definition) is 6. The van der Waals surface area contributed by atoms with E-state index in [0.29, 0.717) is 27.9 Å². The van der Waals surface area contributed by atoms with Crippen molar-refractivity contribution >= 4 is 23.4 Å². The first-order chi connectivity index (χ1) is 14.2. The SMILES string of the molecule is C[C@H](Sc1nc(C2CC2)n(-c2ccccc2)n1)c1nnc(-c2cccc(Cl)c2)o1. The van der Waals surface area contributed by atoms with Gasteiger partial charge in [-0.25, -0.2) is 9.67 Å². The fraction of sp³-hybridized carbons (Fsp3) is 0.238. The third-order valence-electron chi connectivity index (χ3n) is 4.70. The first-order valence-corrected chi connectivity index (χ1v) is 10.7. The molecule has 0 N–H and O–H groups in total. The number of para-hydroxylation sites is 1. The van der Waals surface area contributed by atoms with E-state index in [2.05, 4.69) is 10.2 Å². The summed E-state index contributed by atoms with van der Waals surface area (Å²) >= 11 is 7.57. The number of hydrogen-bond donors (Lipinski definition) is 0. The van der Waals surface area contributed by atoms with Crippen LogP contribution in [0, 0.1) is 0 Å². The lowest BCUT2D eigenvalue weighted by Crippen LogP contribution is -2.01. The number of nitrogens with zero attached hydrogens (tertiary/aromatic N) is 5. The highest BCUT2D eigenvalue weighted by molar-refractivity contribution is 7.99. The van der Waals surface area contributed by atoms with E-state index in [4.69, 9.17) is 26.1 Å². The monoisotopic (exact) mass is 423 g/mol. The van der Waals surface area contributed by atoms with Gasteiger partial charge in [0.1, 0.15) is 5.82 Å². The van der Waals surface area contributed by atoms with Crippen molar-refractivity contribution in [2.45, 2.75) is 36.1 Å². The molecule has 0 unspecified atom stereocenters. The Labute approximate surface area is 177 Å². The Hall–Kier alpha value is -2.64. The maximum absolute atomic E-state index is 6.06. The molecule has 1 fully saturated rings. The van der Waals surface area contributed by atoms with Gasteiger partial charge in [-0.05, 0) is 50.1 Å². The molecule has 2 aromatic heterocycles. The minimum Gasteiger partial charge on any atom is -0.419 e. The van der Waals surface area contributed by atoms with E-state index in [1.54, 1.807) is 0 Å². The summed E-state index contributed by atoms with van der Waals surface area (Å²) < 4.78 is 7.83. The van der Waals surface area contributed by atoms with Crippen LogP contribution in [0.2, 0.25) is 5.02 Å². The van der Waals surface area contributed by atoms with E-state index in [9.17, 15) is 0 Å². The van der Waals surface area contributed by atoms with Gasteiger partial charge in [0.2, 0.25) is 16.9 Å². The quantitative estimate of drug-likeness (QED) is 0.370. The van der Waals surface area contributed by atoms with Crippen molar-refractivity contribution in [3.8, 4) is 17.1 Å². The molecule has 0 spiro atoms. The van der Waals surface area contributed by atoms with Gasteiger partial charge in [-0.1, -0.05) is 47.6 Å². The molecule has 146 valence electrons. The van der Waals surface area contributed by atoms with Crippen LogP contribution >= 0.6 is 23.4 Å². The summed E-state index contributed by atoms with van der Waals surface area (Å²) in [6.45, 7) is 2.01. The number of aromatic nitrogens is 5. The molecule has 2 aromatic carbocycles. The average molecular weight is 424 g/mol. The Bertz CT molecular complexity index is 1140. The van der Waals surface area contributed by atoms with Crippen molar-refractivity contribution in [2.24, 2.45) is 0 Å². The topological polar surface area (TPSA) is 69.6 Å². The van der Waals surface area contributed by atoms with Crippen LogP contribution in [0.4, 0.5) is 0 Å². The molecule has 29 heavy (non-hydrogen) atoms. The summed E-state index contributed by atoms with van der Waals surface area (Å²) in [5.74, 6) is 2.51. The highest BCUT2D eigenvalue weighted by Crippen LogP contribution is 2.42. The molecule has 0 saturated heterocycles. The molecule has 5 rings (SSSR count). The third kappa shape index (κ3) is 3.93. The number of halogens is 1. The van der Waals surface area contributed by atoms with Gasteiger partial charge in [-0.15, -0.1) is 15.3 Å². The van der Waals surface area contributed by atoms with Crippen LogP contribution in [0.1, 0.15) is 42.6 Å². The Morgan fingerprint density at radius 2 is 1.93 bits per heavy atom. The second kappa shape index (κ2) is 7.65. The van der Waals surface area contributed by atoms with Crippen LogP contribution in [0.5, 0.6) is 0 Å². The van der Waals surface area contributed by atoms with E-state index in [-0.39, 0.29) is 5.25 Å². The lowest BCUT2D eigenvalue weighted by atomic mass is 10.2. The molecule has 1 aliphatic carbocycles. The number of rotatable bonds is 6. The Morgan fingerprint density at radius 1 is 1.10 bits per heavy atom. The zero-order valence-electron chi connectivity index (χ0n) is 15.7. The highest BCUT2D eigenvalue weighted by Gasteiger charge is 2.31. The van der Waals surface area contributed by atoms with Crippen LogP contribution < -0.4 is 0 Å². The summed E-state index contributed by atoms with van der Waals surface area (Å²) in [6.07, 6.45) is 2.33. The van der Waals surface area contributed by atoms with Crippen molar-refractivity contribution in [2.75, 3.05) is 0 Å². The average Bonchev–Trinajstić information content (AvgIpc) is 3.30. The van der Waals surface area contributed by atoms with Crippen molar-refractivity contribution in [3.05, 3.63) is 71.3 Å². The molecule has 4 aromatic rings. The van der Waals surface area contributed by atoms with Crippen LogP contribution in [-0.2, 0) is 0 Å². The first kappa shape index (κ1) is 18.4. The predicted octanol–water partition coefficient (Wildman–Crippen LogP) is 5.70. The molecule has 0 aliphatic heterocycles. The Morgan fingerprint density at radius 3 is 2.69 bits per heavy atom. The predicted molar refractivity (Wildman–Crippen MR) is 112 cm³/mol. The van der Waals surface area contributed by atoms with Crippen molar-refractivity contribution in [3.63, 3.8) is 0 Å². The van der Waals surface area contributed by atoms with Gasteiger partial charge < -0.3 is 4.42 Å². The van der Waals surface area contributed by atoms with Crippen LogP contribution in [0.25, 0.3) is 17.1 Å². The molecule has 2 heterocycles. The van der Waals surface area contributed by atoms with Gasteiger partial charge >= 0.3 is 0 Å². The minimum atomic E-state index is -0.0749. The molecular formula is C21H18ClN5OS. The summed E-state index contributed by atoms with van der Waals surface area (Å²) in [5.41, 5.74) is 1.83. The summed E-state index contributed by atoms with van der Waals surface area (Å²) in [5, 5.41) is 14.4. The Kier molecular flexibility index (Phi) is 4.85. The molecule has 6 nitrogen and oxygen atoms in total. The second-order valence-corrected chi connectivity index (χ2v) is 8.73. The molecule has 0 amide bonds. The smallest absolute Gasteiger partial charge is 0.247 e. The van der Waals surface area contributed by atoms with Gasteiger partial charge in [-0.2, -0.15) is 0 Å².